The van der Waals surface area contributed by atoms with Gasteiger partial charge in [0.1, 0.15) is 0 Å². The molecule has 1 heterocycles. The van der Waals surface area contributed by atoms with Crippen molar-refractivity contribution < 1.29 is 4.42 Å². The monoisotopic (exact) mass is 186 g/mol. The van der Waals surface area contributed by atoms with E-state index in [0.717, 1.165) is 18.2 Å². The maximum absolute atomic E-state index is 5.54. The van der Waals surface area contributed by atoms with E-state index in [1.807, 2.05) is 0 Å². The molecular weight excluding hydrogens is 176 g/mol. The molecule has 0 aromatic carbocycles. The number of rotatable bonds is 4. The standard InChI is InChI=1S/C8H11ClN2O/c9-4-3-7-10-11-8(12-7)5-6-1-2-6/h6H,1-5H2. The third kappa shape index (κ3) is 1.97. The quantitative estimate of drug-likeness (QED) is 0.674. The normalized spacial score (nSPS) is 16.8. The first-order valence-electron chi connectivity index (χ1n) is 4.25. The molecule has 1 fully saturated rings. The molecule has 0 aliphatic heterocycles. The van der Waals surface area contributed by atoms with Crippen molar-refractivity contribution in [2.75, 3.05) is 5.88 Å². The molecule has 0 bridgehead atoms. The molecule has 1 aromatic rings. The van der Waals surface area contributed by atoms with Crippen molar-refractivity contribution in [1.82, 2.24) is 10.2 Å². The average Bonchev–Trinajstić information content (AvgIpc) is 2.74. The van der Waals surface area contributed by atoms with Gasteiger partial charge in [-0.1, -0.05) is 0 Å². The lowest BCUT2D eigenvalue weighted by atomic mass is 10.3. The summed E-state index contributed by atoms with van der Waals surface area (Å²) in [6.45, 7) is 0. The van der Waals surface area contributed by atoms with Crippen LogP contribution in [0, 0.1) is 5.92 Å². The van der Waals surface area contributed by atoms with Crippen LogP contribution < -0.4 is 0 Å². The zero-order chi connectivity index (χ0) is 8.39. The van der Waals surface area contributed by atoms with Gasteiger partial charge < -0.3 is 4.42 Å². The van der Waals surface area contributed by atoms with Gasteiger partial charge in [-0.25, -0.2) is 0 Å². The van der Waals surface area contributed by atoms with Gasteiger partial charge in [0.05, 0.1) is 0 Å². The minimum absolute atomic E-state index is 0.547. The Morgan fingerprint density at radius 1 is 1.33 bits per heavy atom. The highest BCUT2D eigenvalue weighted by Crippen LogP contribution is 2.32. The number of hydrogen-bond acceptors (Lipinski definition) is 3. The summed E-state index contributed by atoms with van der Waals surface area (Å²) < 4.78 is 5.37. The SMILES string of the molecule is ClCCc1nnc(CC2CC2)o1. The second-order valence-electron chi connectivity index (χ2n) is 3.18. The summed E-state index contributed by atoms with van der Waals surface area (Å²) in [7, 11) is 0. The van der Waals surface area contributed by atoms with Crippen molar-refractivity contribution in [3.63, 3.8) is 0 Å². The maximum Gasteiger partial charge on any atom is 0.217 e. The third-order valence-corrected chi connectivity index (χ3v) is 2.17. The van der Waals surface area contributed by atoms with Gasteiger partial charge in [-0.3, -0.25) is 0 Å². The van der Waals surface area contributed by atoms with Crippen molar-refractivity contribution in [2.24, 2.45) is 5.92 Å². The van der Waals surface area contributed by atoms with Crippen molar-refractivity contribution in [1.29, 1.82) is 0 Å². The van der Waals surface area contributed by atoms with Crippen molar-refractivity contribution in [3.05, 3.63) is 11.8 Å². The molecule has 0 saturated heterocycles. The van der Waals surface area contributed by atoms with Crippen LogP contribution in [0.25, 0.3) is 0 Å². The maximum atomic E-state index is 5.54. The second-order valence-corrected chi connectivity index (χ2v) is 3.55. The third-order valence-electron chi connectivity index (χ3n) is 1.98. The molecule has 0 radical (unpaired) electrons. The van der Waals surface area contributed by atoms with Crippen LogP contribution in [0.15, 0.2) is 4.42 Å². The minimum Gasteiger partial charge on any atom is -0.425 e. The molecule has 1 aromatic heterocycles. The number of aromatic nitrogens is 2. The average molecular weight is 187 g/mol. The Bertz CT molecular complexity index is 257. The Labute approximate surface area is 76.1 Å². The lowest BCUT2D eigenvalue weighted by Crippen LogP contribution is -1.85. The van der Waals surface area contributed by atoms with Crippen LogP contribution in [-0.2, 0) is 12.8 Å². The van der Waals surface area contributed by atoms with Gasteiger partial charge in [-0.05, 0) is 18.8 Å². The van der Waals surface area contributed by atoms with Gasteiger partial charge in [-0.2, -0.15) is 0 Å². The molecule has 0 N–H and O–H groups in total. The zero-order valence-electron chi connectivity index (χ0n) is 6.79. The number of alkyl halides is 1. The Morgan fingerprint density at radius 3 is 2.75 bits per heavy atom. The fraction of sp³-hybridized carbons (Fsp3) is 0.750. The van der Waals surface area contributed by atoms with Crippen LogP contribution in [0.4, 0.5) is 0 Å². The van der Waals surface area contributed by atoms with E-state index in [1.54, 1.807) is 0 Å². The van der Waals surface area contributed by atoms with Crippen LogP contribution in [0.2, 0.25) is 0 Å². The summed E-state index contributed by atoms with van der Waals surface area (Å²) in [5, 5.41) is 7.83. The van der Waals surface area contributed by atoms with Crippen molar-refractivity contribution >= 4 is 11.6 Å². The topological polar surface area (TPSA) is 38.9 Å². The molecule has 0 spiro atoms. The first-order valence-corrected chi connectivity index (χ1v) is 4.79. The van der Waals surface area contributed by atoms with E-state index in [9.17, 15) is 0 Å². The Morgan fingerprint density at radius 2 is 2.08 bits per heavy atom. The molecule has 4 heteroatoms. The lowest BCUT2D eigenvalue weighted by molar-refractivity contribution is 0.446. The smallest absolute Gasteiger partial charge is 0.217 e. The van der Waals surface area contributed by atoms with Gasteiger partial charge in [0.2, 0.25) is 11.8 Å². The van der Waals surface area contributed by atoms with Gasteiger partial charge in [0.25, 0.3) is 0 Å². The van der Waals surface area contributed by atoms with E-state index >= 15 is 0 Å². The van der Waals surface area contributed by atoms with E-state index < -0.39 is 0 Å². The number of halogens is 1. The molecule has 1 aliphatic carbocycles. The van der Waals surface area contributed by atoms with E-state index in [-0.39, 0.29) is 0 Å². The molecule has 3 nitrogen and oxygen atoms in total. The van der Waals surface area contributed by atoms with Gasteiger partial charge in [0, 0.05) is 18.7 Å². The lowest BCUT2D eigenvalue weighted by Gasteiger charge is -1.88. The fourth-order valence-corrected chi connectivity index (χ4v) is 1.28. The zero-order valence-corrected chi connectivity index (χ0v) is 7.55. The van der Waals surface area contributed by atoms with E-state index in [1.165, 1.54) is 12.8 Å². The van der Waals surface area contributed by atoms with Crippen LogP contribution in [0.1, 0.15) is 24.6 Å². The summed E-state index contributed by atoms with van der Waals surface area (Å²) in [5.41, 5.74) is 0. The van der Waals surface area contributed by atoms with Crippen LogP contribution in [0.5, 0.6) is 0 Å². The first kappa shape index (κ1) is 8.05. The molecule has 12 heavy (non-hydrogen) atoms. The Balaban J connectivity index is 1.92. The highest BCUT2D eigenvalue weighted by Gasteiger charge is 2.24. The molecule has 1 aliphatic rings. The number of hydrogen-bond donors (Lipinski definition) is 0. The summed E-state index contributed by atoms with van der Waals surface area (Å²) in [5.74, 6) is 2.79. The van der Waals surface area contributed by atoms with Crippen LogP contribution in [-0.4, -0.2) is 16.1 Å². The summed E-state index contributed by atoms with van der Waals surface area (Å²) in [6, 6.07) is 0. The van der Waals surface area contributed by atoms with Crippen molar-refractivity contribution in [2.45, 2.75) is 25.7 Å². The van der Waals surface area contributed by atoms with E-state index in [4.69, 9.17) is 16.0 Å². The molecule has 2 rings (SSSR count). The van der Waals surface area contributed by atoms with E-state index in [0.29, 0.717) is 18.2 Å². The highest BCUT2D eigenvalue weighted by molar-refractivity contribution is 6.17. The van der Waals surface area contributed by atoms with Gasteiger partial charge >= 0.3 is 0 Å². The summed E-state index contributed by atoms with van der Waals surface area (Å²) in [4.78, 5) is 0. The van der Waals surface area contributed by atoms with Crippen molar-refractivity contribution in [3.8, 4) is 0 Å². The molecule has 1 saturated carbocycles. The molecule has 0 unspecified atom stereocenters. The molecule has 0 atom stereocenters. The number of aryl methyl sites for hydroxylation is 1. The fourth-order valence-electron chi connectivity index (χ4n) is 1.12. The molecular formula is C8H11ClN2O. The van der Waals surface area contributed by atoms with E-state index in [2.05, 4.69) is 10.2 Å². The van der Waals surface area contributed by atoms with Gasteiger partial charge in [0.15, 0.2) is 0 Å². The number of nitrogens with zero attached hydrogens (tertiary/aromatic N) is 2. The predicted octanol–water partition coefficient (Wildman–Crippen LogP) is 1.80. The first-order chi connectivity index (χ1) is 5.88. The largest absolute Gasteiger partial charge is 0.425 e. The summed E-state index contributed by atoms with van der Waals surface area (Å²) >= 11 is 5.54. The summed E-state index contributed by atoms with van der Waals surface area (Å²) in [6.07, 6.45) is 4.26. The predicted molar refractivity (Wildman–Crippen MR) is 45.2 cm³/mol. The molecule has 0 amide bonds. The Kier molecular flexibility index (Phi) is 2.30. The second kappa shape index (κ2) is 3.44. The van der Waals surface area contributed by atoms with Crippen LogP contribution in [0.3, 0.4) is 0 Å². The minimum atomic E-state index is 0.547. The van der Waals surface area contributed by atoms with Gasteiger partial charge in [-0.15, -0.1) is 21.8 Å². The Hall–Kier alpha value is -0.570. The van der Waals surface area contributed by atoms with Crippen LogP contribution >= 0.6 is 11.6 Å². The molecule has 66 valence electrons. The highest BCUT2D eigenvalue weighted by atomic mass is 35.5.